The molecule has 0 fully saturated rings. The van der Waals surface area contributed by atoms with E-state index in [1.54, 1.807) is 0 Å². The standard InChI is InChI=1S/C23H42N4O/c1-4-7-8-9-20(14-16-24)15-17-25-22-12-10-21(11-13-22)23(28)26-18-19-27(5-2)6-3/h10-13,20,25H,4-9,14-19,24H2,1-3H3,(H,26,28). The molecule has 5 heteroatoms. The minimum absolute atomic E-state index is 0.00219. The van der Waals surface area contributed by atoms with Crippen molar-refractivity contribution in [1.29, 1.82) is 0 Å². The molecule has 5 nitrogen and oxygen atoms in total. The second-order valence-electron chi connectivity index (χ2n) is 7.51. The number of carbonyl (C=O) groups is 1. The molecule has 1 aromatic carbocycles. The molecule has 0 heterocycles. The van der Waals surface area contributed by atoms with E-state index in [0.29, 0.717) is 18.0 Å². The van der Waals surface area contributed by atoms with Gasteiger partial charge in [-0.2, -0.15) is 0 Å². The molecule has 0 aromatic heterocycles. The molecular weight excluding hydrogens is 348 g/mol. The first-order valence-electron chi connectivity index (χ1n) is 11.2. The fourth-order valence-electron chi connectivity index (χ4n) is 3.48. The topological polar surface area (TPSA) is 70.4 Å². The van der Waals surface area contributed by atoms with Gasteiger partial charge in [0.25, 0.3) is 5.91 Å². The molecule has 1 amide bonds. The summed E-state index contributed by atoms with van der Waals surface area (Å²) < 4.78 is 0. The van der Waals surface area contributed by atoms with Crippen LogP contribution in [0, 0.1) is 5.92 Å². The molecule has 1 rings (SSSR count). The SMILES string of the molecule is CCCCCC(CCN)CCNc1ccc(C(=O)NCCN(CC)CC)cc1. The fraction of sp³-hybridized carbons (Fsp3) is 0.696. The van der Waals surface area contributed by atoms with Crippen molar-refractivity contribution in [2.75, 3.05) is 44.6 Å². The van der Waals surface area contributed by atoms with E-state index in [1.165, 1.54) is 25.7 Å². The molecule has 1 aromatic rings. The maximum atomic E-state index is 12.3. The van der Waals surface area contributed by atoms with Crippen molar-refractivity contribution in [3.8, 4) is 0 Å². The predicted molar refractivity (Wildman–Crippen MR) is 121 cm³/mol. The first-order chi connectivity index (χ1) is 13.6. The van der Waals surface area contributed by atoms with E-state index in [9.17, 15) is 4.79 Å². The van der Waals surface area contributed by atoms with E-state index in [4.69, 9.17) is 5.73 Å². The number of nitrogens with zero attached hydrogens (tertiary/aromatic N) is 1. The summed E-state index contributed by atoms with van der Waals surface area (Å²) in [7, 11) is 0. The van der Waals surface area contributed by atoms with Crippen molar-refractivity contribution in [1.82, 2.24) is 10.2 Å². The molecule has 1 atom stereocenters. The van der Waals surface area contributed by atoms with Gasteiger partial charge in [0.1, 0.15) is 0 Å². The van der Waals surface area contributed by atoms with Crippen LogP contribution in [-0.4, -0.2) is 50.1 Å². The number of amides is 1. The lowest BCUT2D eigenvalue weighted by Crippen LogP contribution is -2.34. The van der Waals surface area contributed by atoms with Crippen LogP contribution < -0.4 is 16.4 Å². The van der Waals surface area contributed by atoms with Crippen molar-refractivity contribution in [3.05, 3.63) is 29.8 Å². The van der Waals surface area contributed by atoms with Crippen LogP contribution >= 0.6 is 0 Å². The van der Waals surface area contributed by atoms with Crippen molar-refractivity contribution >= 4 is 11.6 Å². The Hall–Kier alpha value is -1.59. The molecule has 0 bridgehead atoms. The van der Waals surface area contributed by atoms with Crippen LogP contribution in [0.2, 0.25) is 0 Å². The highest BCUT2D eigenvalue weighted by Gasteiger charge is 2.08. The highest BCUT2D eigenvalue weighted by Crippen LogP contribution is 2.18. The Bertz CT molecular complexity index is 514. The number of hydrogen-bond donors (Lipinski definition) is 3. The van der Waals surface area contributed by atoms with Crippen LogP contribution in [0.5, 0.6) is 0 Å². The molecule has 0 aliphatic rings. The van der Waals surface area contributed by atoms with Gasteiger partial charge in [0.05, 0.1) is 0 Å². The van der Waals surface area contributed by atoms with Crippen LogP contribution in [0.1, 0.15) is 69.7 Å². The van der Waals surface area contributed by atoms with Crippen LogP contribution in [-0.2, 0) is 0 Å². The van der Waals surface area contributed by atoms with E-state index in [0.717, 1.165) is 51.3 Å². The third-order valence-electron chi connectivity index (χ3n) is 5.43. The van der Waals surface area contributed by atoms with Gasteiger partial charge in [0.15, 0.2) is 0 Å². The third kappa shape index (κ3) is 10.1. The maximum Gasteiger partial charge on any atom is 0.251 e. The summed E-state index contributed by atoms with van der Waals surface area (Å²) in [4.78, 5) is 14.6. The molecule has 1 unspecified atom stereocenters. The lowest BCUT2D eigenvalue weighted by atomic mass is 9.94. The van der Waals surface area contributed by atoms with Crippen molar-refractivity contribution < 1.29 is 4.79 Å². The summed E-state index contributed by atoms with van der Waals surface area (Å²) in [6.45, 7) is 11.8. The van der Waals surface area contributed by atoms with E-state index in [1.807, 2.05) is 24.3 Å². The van der Waals surface area contributed by atoms with Crippen molar-refractivity contribution in [3.63, 3.8) is 0 Å². The Morgan fingerprint density at radius 1 is 1.00 bits per heavy atom. The monoisotopic (exact) mass is 390 g/mol. The van der Waals surface area contributed by atoms with Crippen LogP contribution in [0.4, 0.5) is 5.69 Å². The molecular formula is C23H42N4O. The quantitative estimate of drug-likeness (QED) is 0.372. The summed E-state index contributed by atoms with van der Waals surface area (Å²) in [6, 6.07) is 7.78. The molecule has 160 valence electrons. The largest absolute Gasteiger partial charge is 0.385 e. The lowest BCUT2D eigenvalue weighted by molar-refractivity contribution is 0.0949. The average molecular weight is 391 g/mol. The van der Waals surface area contributed by atoms with Crippen molar-refractivity contribution in [2.24, 2.45) is 11.7 Å². The Morgan fingerprint density at radius 2 is 1.71 bits per heavy atom. The Kier molecular flexibility index (Phi) is 13.4. The van der Waals surface area contributed by atoms with Gasteiger partial charge in [-0.25, -0.2) is 0 Å². The van der Waals surface area contributed by atoms with E-state index in [2.05, 4.69) is 36.3 Å². The molecule has 4 N–H and O–H groups in total. The van der Waals surface area contributed by atoms with E-state index < -0.39 is 0 Å². The number of likely N-dealkylation sites (N-methyl/N-ethyl adjacent to an activating group) is 1. The first-order valence-corrected chi connectivity index (χ1v) is 11.2. The number of nitrogens with two attached hydrogens (primary N) is 1. The zero-order chi connectivity index (χ0) is 20.6. The number of nitrogens with one attached hydrogen (secondary N) is 2. The summed E-state index contributed by atoms with van der Waals surface area (Å²) in [5.41, 5.74) is 7.55. The van der Waals surface area contributed by atoms with Crippen LogP contribution in [0.25, 0.3) is 0 Å². The van der Waals surface area contributed by atoms with Gasteiger partial charge in [-0.3, -0.25) is 4.79 Å². The van der Waals surface area contributed by atoms with Gasteiger partial charge in [-0.1, -0.05) is 46.5 Å². The molecule has 0 aliphatic heterocycles. The maximum absolute atomic E-state index is 12.3. The zero-order valence-electron chi connectivity index (χ0n) is 18.3. The zero-order valence-corrected chi connectivity index (χ0v) is 18.3. The number of hydrogen-bond acceptors (Lipinski definition) is 4. The fourth-order valence-corrected chi connectivity index (χ4v) is 3.48. The van der Waals surface area contributed by atoms with Gasteiger partial charge in [-0.05, 0) is 62.7 Å². The normalized spacial score (nSPS) is 12.2. The second kappa shape index (κ2) is 15.3. The number of carbonyl (C=O) groups excluding carboxylic acids is 1. The van der Waals surface area contributed by atoms with Crippen LogP contribution in [0.3, 0.4) is 0 Å². The molecule has 0 radical (unpaired) electrons. The Morgan fingerprint density at radius 3 is 2.32 bits per heavy atom. The Labute approximate surface area is 172 Å². The third-order valence-corrected chi connectivity index (χ3v) is 5.43. The lowest BCUT2D eigenvalue weighted by Gasteiger charge is -2.18. The molecule has 0 spiro atoms. The highest BCUT2D eigenvalue weighted by molar-refractivity contribution is 5.94. The van der Waals surface area contributed by atoms with Gasteiger partial charge >= 0.3 is 0 Å². The molecule has 0 aliphatic carbocycles. The van der Waals surface area contributed by atoms with Gasteiger partial charge in [0, 0.05) is 30.9 Å². The van der Waals surface area contributed by atoms with Crippen molar-refractivity contribution in [2.45, 2.75) is 59.3 Å². The summed E-state index contributed by atoms with van der Waals surface area (Å²) in [5, 5.41) is 6.49. The minimum atomic E-state index is -0.00219. The van der Waals surface area contributed by atoms with E-state index in [-0.39, 0.29) is 5.91 Å². The smallest absolute Gasteiger partial charge is 0.251 e. The second-order valence-corrected chi connectivity index (χ2v) is 7.51. The summed E-state index contributed by atoms with van der Waals surface area (Å²) in [5.74, 6) is 0.706. The number of benzene rings is 1. The highest BCUT2D eigenvalue weighted by atomic mass is 16.1. The van der Waals surface area contributed by atoms with Gasteiger partial charge in [-0.15, -0.1) is 0 Å². The number of unbranched alkanes of at least 4 members (excludes halogenated alkanes) is 2. The average Bonchev–Trinajstić information content (AvgIpc) is 2.71. The summed E-state index contributed by atoms with van der Waals surface area (Å²) in [6.07, 6.45) is 7.42. The first kappa shape index (κ1) is 24.4. The number of anilines is 1. The Balaban J connectivity index is 2.35. The van der Waals surface area contributed by atoms with Gasteiger partial charge in [0.2, 0.25) is 0 Å². The molecule has 0 saturated heterocycles. The predicted octanol–water partition coefficient (Wildman–Crippen LogP) is 4.11. The minimum Gasteiger partial charge on any atom is -0.385 e. The van der Waals surface area contributed by atoms with E-state index >= 15 is 0 Å². The van der Waals surface area contributed by atoms with Crippen LogP contribution in [0.15, 0.2) is 24.3 Å². The van der Waals surface area contributed by atoms with Gasteiger partial charge < -0.3 is 21.3 Å². The summed E-state index contributed by atoms with van der Waals surface area (Å²) >= 11 is 0. The number of rotatable bonds is 16. The molecule has 28 heavy (non-hydrogen) atoms. The molecule has 0 saturated carbocycles.